The van der Waals surface area contributed by atoms with Crippen LogP contribution in [0.25, 0.3) is 0 Å². The van der Waals surface area contributed by atoms with E-state index in [1.54, 1.807) is 13.3 Å². The second kappa shape index (κ2) is 5.48. The fourth-order valence-corrected chi connectivity index (χ4v) is 2.47. The second-order valence-electron chi connectivity index (χ2n) is 4.97. The minimum atomic E-state index is 0.176. The first-order valence-corrected chi connectivity index (χ1v) is 6.43. The maximum absolute atomic E-state index is 11.2. The van der Waals surface area contributed by atoms with Gasteiger partial charge in [-0.25, -0.2) is 0 Å². The monoisotopic (exact) mass is 251 g/mol. The summed E-state index contributed by atoms with van der Waals surface area (Å²) in [4.78, 5) is 13.2. The van der Waals surface area contributed by atoms with Crippen molar-refractivity contribution in [3.63, 3.8) is 0 Å². The second-order valence-corrected chi connectivity index (χ2v) is 4.97. The SMILES string of the molecule is CC(=O)N1CCC(NC(C)c2nncn2C)CC1. The molecule has 1 aromatic heterocycles. The molecule has 6 nitrogen and oxygen atoms in total. The number of hydrogen-bond acceptors (Lipinski definition) is 4. The quantitative estimate of drug-likeness (QED) is 0.848. The Balaban J connectivity index is 1.85. The molecule has 0 aliphatic carbocycles. The Morgan fingerprint density at radius 1 is 1.50 bits per heavy atom. The van der Waals surface area contributed by atoms with Crippen molar-refractivity contribution in [1.82, 2.24) is 25.0 Å². The molecule has 0 spiro atoms. The predicted octanol–water partition coefficient (Wildman–Crippen LogP) is 0.477. The lowest BCUT2D eigenvalue weighted by molar-refractivity contribution is -0.129. The highest BCUT2D eigenvalue weighted by Crippen LogP contribution is 2.15. The van der Waals surface area contributed by atoms with E-state index in [1.807, 2.05) is 16.5 Å². The maximum atomic E-state index is 11.2. The van der Waals surface area contributed by atoms with E-state index in [9.17, 15) is 4.79 Å². The molecule has 0 radical (unpaired) electrons. The van der Waals surface area contributed by atoms with Gasteiger partial charge in [0.2, 0.25) is 5.91 Å². The predicted molar refractivity (Wildman–Crippen MR) is 67.8 cm³/mol. The molecule has 1 amide bonds. The molecule has 2 rings (SSSR count). The molecule has 1 aromatic rings. The number of carbonyl (C=O) groups is 1. The highest BCUT2D eigenvalue weighted by Gasteiger charge is 2.23. The first-order chi connectivity index (χ1) is 8.58. The summed E-state index contributed by atoms with van der Waals surface area (Å²) in [7, 11) is 1.95. The third-order valence-corrected chi connectivity index (χ3v) is 3.56. The van der Waals surface area contributed by atoms with Crippen LogP contribution in [0.1, 0.15) is 38.6 Å². The van der Waals surface area contributed by atoms with E-state index in [2.05, 4.69) is 22.4 Å². The van der Waals surface area contributed by atoms with Gasteiger partial charge in [-0.3, -0.25) is 4.79 Å². The van der Waals surface area contributed by atoms with Crippen molar-refractivity contribution in [2.75, 3.05) is 13.1 Å². The van der Waals surface area contributed by atoms with Gasteiger partial charge in [0, 0.05) is 33.1 Å². The summed E-state index contributed by atoms with van der Waals surface area (Å²) in [6.45, 7) is 5.42. The van der Waals surface area contributed by atoms with Crippen molar-refractivity contribution in [2.45, 2.75) is 38.8 Å². The van der Waals surface area contributed by atoms with Gasteiger partial charge in [-0.2, -0.15) is 0 Å². The molecule has 1 fully saturated rings. The summed E-state index contributed by atoms with van der Waals surface area (Å²) in [6.07, 6.45) is 3.72. The van der Waals surface area contributed by atoms with Crippen LogP contribution >= 0.6 is 0 Å². The van der Waals surface area contributed by atoms with Gasteiger partial charge in [-0.05, 0) is 19.8 Å². The van der Waals surface area contributed by atoms with Gasteiger partial charge in [-0.1, -0.05) is 0 Å². The lowest BCUT2D eigenvalue weighted by atomic mass is 10.0. The number of nitrogens with one attached hydrogen (secondary N) is 1. The summed E-state index contributed by atoms with van der Waals surface area (Å²) in [6, 6.07) is 0.638. The number of hydrogen-bond donors (Lipinski definition) is 1. The Morgan fingerprint density at radius 3 is 2.67 bits per heavy atom. The molecule has 1 atom stereocenters. The van der Waals surface area contributed by atoms with Gasteiger partial charge in [-0.15, -0.1) is 10.2 Å². The van der Waals surface area contributed by atoms with Crippen molar-refractivity contribution in [3.05, 3.63) is 12.2 Å². The average Bonchev–Trinajstić information content (AvgIpc) is 2.76. The van der Waals surface area contributed by atoms with Crippen LogP contribution in [0.4, 0.5) is 0 Å². The summed E-state index contributed by atoms with van der Waals surface area (Å²) in [5, 5.41) is 11.6. The zero-order valence-electron chi connectivity index (χ0n) is 11.3. The van der Waals surface area contributed by atoms with E-state index in [1.165, 1.54) is 0 Å². The first kappa shape index (κ1) is 13.0. The number of carbonyl (C=O) groups excluding carboxylic acids is 1. The molecule has 18 heavy (non-hydrogen) atoms. The molecule has 0 aromatic carbocycles. The molecule has 1 aliphatic rings. The van der Waals surface area contributed by atoms with E-state index in [4.69, 9.17) is 0 Å². The summed E-state index contributed by atoms with van der Waals surface area (Å²) < 4.78 is 1.93. The average molecular weight is 251 g/mol. The zero-order chi connectivity index (χ0) is 13.1. The van der Waals surface area contributed by atoms with Crippen molar-refractivity contribution < 1.29 is 4.79 Å². The largest absolute Gasteiger partial charge is 0.343 e. The molecule has 0 saturated carbocycles. The minimum absolute atomic E-state index is 0.176. The Bertz CT molecular complexity index is 408. The number of amides is 1. The van der Waals surface area contributed by atoms with Gasteiger partial charge < -0.3 is 14.8 Å². The normalized spacial score (nSPS) is 18.9. The Hall–Kier alpha value is -1.43. The van der Waals surface area contributed by atoms with Crippen LogP contribution in [0.2, 0.25) is 0 Å². The third kappa shape index (κ3) is 2.87. The van der Waals surface area contributed by atoms with Crippen LogP contribution in [-0.2, 0) is 11.8 Å². The van der Waals surface area contributed by atoms with Crippen LogP contribution in [0.15, 0.2) is 6.33 Å². The van der Waals surface area contributed by atoms with Gasteiger partial charge >= 0.3 is 0 Å². The van der Waals surface area contributed by atoms with Crippen LogP contribution in [0.3, 0.4) is 0 Å². The minimum Gasteiger partial charge on any atom is -0.343 e. The molecule has 100 valence electrons. The van der Waals surface area contributed by atoms with Crippen LogP contribution < -0.4 is 5.32 Å². The number of rotatable bonds is 3. The molecule has 1 unspecified atom stereocenters. The van der Waals surface area contributed by atoms with E-state index < -0.39 is 0 Å². The highest BCUT2D eigenvalue weighted by atomic mass is 16.2. The molecule has 1 aliphatic heterocycles. The number of nitrogens with zero attached hydrogens (tertiary/aromatic N) is 4. The summed E-state index contributed by atoms with van der Waals surface area (Å²) in [5.74, 6) is 1.12. The molecule has 1 N–H and O–H groups in total. The number of aromatic nitrogens is 3. The Labute approximate surface area is 107 Å². The summed E-state index contributed by atoms with van der Waals surface area (Å²) >= 11 is 0. The lowest BCUT2D eigenvalue weighted by Gasteiger charge is -2.33. The number of piperidine rings is 1. The van der Waals surface area contributed by atoms with Crippen molar-refractivity contribution >= 4 is 5.91 Å². The van der Waals surface area contributed by atoms with E-state index in [-0.39, 0.29) is 11.9 Å². The number of likely N-dealkylation sites (tertiary alicyclic amines) is 1. The van der Waals surface area contributed by atoms with Gasteiger partial charge in [0.05, 0.1) is 6.04 Å². The third-order valence-electron chi connectivity index (χ3n) is 3.56. The fourth-order valence-electron chi connectivity index (χ4n) is 2.47. The molecular weight excluding hydrogens is 230 g/mol. The van der Waals surface area contributed by atoms with E-state index in [0.29, 0.717) is 6.04 Å². The van der Waals surface area contributed by atoms with E-state index in [0.717, 1.165) is 31.8 Å². The van der Waals surface area contributed by atoms with Crippen molar-refractivity contribution in [1.29, 1.82) is 0 Å². The lowest BCUT2D eigenvalue weighted by Crippen LogP contribution is -2.45. The van der Waals surface area contributed by atoms with Gasteiger partial charge in [0.1, 0.15) is 12.2 Å². The summed E-state index contributed by atoms with van der Waals surface area (Å²) in [5.41, 5.74) is 0. The van der Waals surface area contributed by atoms with Crippen molar-refractivity contribution in [3.8, 4) is 0 Å². The highest BCUT2D eigenvalue weighted by molar-refractivity contribution is 5.73. The molecule has 2 heterocycles. The van der Waals surface area contributed by atoms with Gasteiger partial charge in [0.15, 0.2) is 0 Å². The topological polar surface area (TPSA) is 63.1 Å². The molecule has 1 saturated heterocycles. The molecule has 0 bridgehead atoms. The zero-order valence-corrected chi connectivity index (χ0v) is 11.3. The Morgan fingerprint density at radius 2 is 2.17 bits per heavy atom. The van der Waals surface area contributed by atoms with Crippen LogP contribution in [-0.4, -0.2) is 44.7 Å². The number of aryl methyl sites for hydroxylation is 1. The van der Waals surface area contributed by atoms with E-state index >= 15 is 0 Å². The molecule has 6 heteroatoms. The maximum Gasteiger partial charge on any atom is 0.219 e. The van der Waals surface area contributed by atoms with Gasteiger partial charge in [0.25, 0.3) is 0 Å². The van der Waals surface area contributed by atoms with Crippen LogP contribution in [0.5, 0.6) is 0 Å². The van der Waals surface area contributed by atoms with Crippen LogP contribution in [0, 0.1) is 0 Å². The smallest absolute Gasteiger partial charge is 0.219 e. The first-order valence-electron chi connectivity index (χ1n) is 6.43. The van der Waals surface area contributed by atoms with Crippen molar-refractivity contribution in [2.24, 2.45) is 7.05 Å². The fraction of sp³-hybridized carbons (Fsp3) is 0.750. The Kier molecular flexibility index (Phi) is 3.96. The molecular formula is C12H21N5O. The standard InChI is InChI=1S/C12H21N5O/c1-9(12-15-13-8-16(12)3)14-11-4-6-17(7-5-11)10(2)18/h8-9,11,14H,4-7H2,1-3H3.